The second-order valence-corrected chi connectivity index (χ2v) is 7.34. The molecule has 0 saturated heterocycles. The molecule has 0 radical (unpaired) electrons. The van der Waals surface area contributed by atoms with Crippen LogP contribution in [-0.2, 0) is 16.1 Å². The van der Waals surface area contributed by atoms with Crippen molar-refractivity contribution in [3.63, 3.8) is 0 Å². The van der Waals surface area contributed by atoms with Gasteiger partial charge in [-0.05, 0) is 45.4 Å². The molecular weight excluding hydrogens is 387 g/mol. The summed E-state index contributed by atoms with van der Waals surface area (Å²) in [5.41, 5.74) is 0.227. The Hall–Kier alpha value is -2.28. The quantitative estimate of drug-likeness (QED) is 0.183. The molecular formula is C20H28ClFN2O4. The van der Waals surface area contributed by atoms with E-state index in [2.05, 4.69) is 11.8 Å². The van der Waals surface area contributed by atoms with Crippen molar-refractivity contribution in [3.05, 3.63) is 34.6 Å². The molecule has 6 nitrogen and oxygen atoms in total. The van der Waals surface area contributed by atoms with E-state index >= 15 is 0 Å². The molecule has 0 unspecified atom stereocenters. The largest absolute Gasteiger partial charge is 0.493 e. The maximum atomic E-state index is 12.5. The first-order chi connectivity index (χ1) is 13.1. The summed E-state index contributed by atoms with van der Waals surface area (Å²) in [5, 5.41) is 4.88. The number of hydrazone groups is 1. The summed E-state index contributed by atoms with van der Waals surface area (Å²) in [6, 6.07) is 5.27. The van der Waals surface area contributed by atoms with E-state index in [1.165, 1.54) is 12.1 Å². The van der Waals surface area contributed by atoms with Gasteiger partial charge in [-0.2, -0.15) is 5.10 Å². The second-order valence-electron chi connectivity index (χ2n) is 6.96. The van der Waals surface area contributed by atoms with Crippen LogP contribution < -0.4 is 9.47 Å². The molecule has 0 aliphatic rings. The Kier molecular flexibility index (Phi) is 9.25. The maximum absolute atomic E-state index is 12.5. The summed E-state index contributed by atoms with van der Waals surface area (Å²) in [4.78, 5) is 12.5. The number of nitrogens with zero attached hydrogens (tertiary/aromatic N) is 2. The van der Waals surface area contributed by atoms with Gasteiger partial charge in [-0.1, -0.05) is 17.7 Å². The number of methoxy groups -OCH3 is 1. The average molecular weight is 415 g/mol. The SMILES string of the molecule is C=NN(C(=O)/C(Cl)=C(\C)OCc1ccc(OCCCF)c(OC)c1)C(C)(C)C. The van der Waals surface area contributed by atoms with E-state index in [0.717, 1.165) is 5.56 Å². The summed E-state index contributed by atoms with van der Waals surface area (Å²) in [5.74, 6) is 0.819. The Morgan fingerprint density at radius 3 is 2.54 bits per heavy atom. The van der Waals surface area contributed by atoms with Gasteiger partial charge in [-0.25, -0.2) is 5.01 Å². The summed E-state index contributed by atoms with van der Waals surface area (Å²) >= 11 is 6.18. The number of carbonyl (C=O) groups is 1. The van der Waals surface area contributed by atoms with Crippen LogP contribution >= 0.6 is 11.6 Å². The standard InChI is InChI=1S/C20H28ClFN2O4/c1-14(18(21)19(25)24(23-5)20(2,3)4)28-13-15-8-9-16(17(12-15)26-6)27-11-7-10-22/h8-9,12H,5,7,10-11,13H2,1-4,6H3/b18-14-. The van der Waals surface area contributed by atoms with Crippen molar-refractivity contribution in [2.75, 3.05) is 20.4 Å². The molecule has 0 aromatic heterocycles. The van der Waals surface area contributed by atoms with Gasteiger partial charge in [0.05, 0.1) is 25.9 Å². The normalized spacial score (nSPS) is 12.1. The lowest BCUT2D eigenvalue weighted by Gasteiger charge is -2.30. The number of rotatable bonds is 10. The maximum Gasteiger partial charge on any atom is 0.289 e. The highest BCUT2D eigenvalue weighted by atomic mass is 35.5. The number of amides is 1. The molecule has 156 valence electrons. The van der Waals surface area contributed by atoms with Gasteiger partial charge in [-0.15, -0.1) is 0 Å². The van der Waals surface area contributed by atoms with Crippen LogP contribution in [0.15, 0.2) is 34.1 Å². The topological polar surface area (TPSA) is 60.4 Å². The van der Waals surface area contributed by atoms with Crippen LogP contribution in [0.3, 0.4) is 0 Å². The average Bonchev–Trinajstić information content (AvgIpc) is 2.65. The number of allylic oxidation sites excluding steroid dienone is 1. The molecule has 1 rings (SSSR count). The predicted octanol–water partition coefficient (Wildman–Crippen LogP) is 4.66. The Morgan fingerprint density at radius 1 is 1.32 bits per heavy atom. The third-order valence-corrected chi connectivity index (χ3v) is 4.11. The fraction of sp³-hybridized carbons (Fsp3) is 0.500. The first-order valence-corrected chi connectivity index (χ1v) is 9.19. The minimum Gasteiger partial charge on any atom is -0.493 e. The van der Waals surface area contributed by atoms with Gasteiger partial charge in [0.2, 0.25) is 0 Å². The molecule has 1 aromatic rings. The van der Waals surface area contributed by atoms with E-state index in [0.29, 0.717) is 17.9 Å². The Bertz CT molecular complexity index is 717. The molecule has 0 bridgehead atoms. The Balaban J connectivity index is 2.85. The smallest absolute Gasteiger partial charge is 0.289 e. The molecule has 0 fully saturated rings. The van der Waals surface area contributed by atoms with Crippen molar-refractivity contribution in [2.24, 2.45) is 5.10 Å². The molecule has 0 saturated carbocycles. The van der Waals surface area contributed by atoms with Crippen LogP contribution in [0.5, 0.6) is 11.5 Å². The number of hydrogen-bond donors (Lipinski definition) is 0. The summed E-state index contributed by atoms with van der Waals surface area (Å²) in [7, 11) is 1.52. The van der Waals surface area contributed by atoms with Gasteiger partial charge in [0.25, 0.3) is 5.91 Å². The van der Waals surface area contributed by atoms with Crippen LogP contribution in [0.25, 0.3) is 0 Å². The van der Waals surface area contributed by atoms with Crippen LogP contribution in [-0.4, -0.2) is 43.6 Å². The zero-order valence-corrected chi connectivity index (χ0v) is 17.8. The van der Waals surface area contributed by atoms with E-state index in [-0.39, 0.29) is 24.0 Å². The van der Waals surface area contributed by atoms with Crippen LogP contribution in [0, 0.1) is 0 Å². The molecule has 0 atom stereocenters. The fourth-order valence-corrected chi connectivity index (χ4v) is 2.37. The third kappa shape index (κ3) is 6.71. The highest BCUT2D eigenvalue weighted by Gasteiger charge is 2.29. The zero-order chi connectivity index (χ0) is 21.3. The van der Waals surface area contributed by atoms with E-state index in [4.69, 9.17) is 25.8 Å². The zero-order valence-electron chi connectivity index (χ0n) is 17.1. The minimum atomic E-state index is -0.565. The number of halogens is 2. The summed E-state index contributed by atoms with van der Waals surface area (Å²) < 4.78 is 28.6. The summed E-state index contributed by atoms with van der Waals surface area (Å²) in [6.45, 7) is 10.5. The lowest BCUT2D eigenvalue weighted by molar-refractivity contribution is -0.131. The fourth-order valence-electron chi connectivity index (χ4n) is 2.24. The molecule has 1 aromatic carbocycles. The van der Waals surface area contributed by atoms with Crippen LogP contribution in [0.4, 0.5) is 4.39 Å². The summed E-state index contributed by atoms with van der Waals surface area (Å²) in [6.07, 6.45) is 0.315. The predicted molar refractivity (Wildman–Crippen MR) is 109 cm³/mol. The number of ether oxygens (including phenoxy) is 3. The first-order valence-electron chi connectivity index (χ1n) is 8.81. The molecule has 28 heavy (non-hydrogen) atoms. The van der Waals surface area contributed by atoms with E-state index in [1.807, 2.05) is 20.8 Å². The first kappa shape index (κ1) is 23.8. The van der Waals surface area contributed by atoms with Crippen molar-refractivity contribution < 1.29 is 23.4 Å². The lowest BCUT2D eigenvalue weighted by atomic mass is 10.1. The van der Waals surface area contributed by atoms with Gasteiger partial charge in [-0.3, -0.25) is 9.18 Å². The van der Waals surface area contributed by atoms with Gasteiger partial charge >= 0.3 is 0 Å². The molecule has 8 heteroatoms. The molecule has 0 N–H and O–H groups in total. The van der Waals surface area contributed by atoms with Crippen molar-refractivity contribution in [2.45, 2.75) is 46.3 Å². The van der Waals surface area contributed by atoms with E-state index < -0.39 is 18.1 Å². The molecule has 0 spiro atoms. The van der Waals surface area contributed by atoms with Crippen molar-refractivity contribution in [1.82, 2.24) is 5.01 Å². The number of hydrogen-bond acceptors (Lipinski definition) is 5. The lowest BCUT2D eigenvalue weighted by Crippen LogP contribution is -2.41. The molecule has 0 aliphatic heterocycles. The van der Waals surface area contributed by atoms with Gasteiger partial charge < -0.3 is 14.2 Å². The van der Waals surface area contributed by atoms with Crippen molar-refractivity contribution in [1.29, 1.82) is 0 Å². The number of benzene rings is 1. The van der Waals surface area contributed by atoms with Crippen LogP contribution in [0.2, 0.25) is 0 Å². The third-order valence-electron chi connectivity index (χ3n) is 3.68. The molecule has 0 heterocycles. The second kappa shape index (κ2) is 10.9. The Labute approximate surface area is 170 Å². The Morgan fingerprint density at radius 2 is 2.00 bits per heavy atom. The minimum absolute atomic E-state index is 0.0690. The van der Waals surface area contributed by atoms with Gasteiger partial charge in [0, 0.05) is 13.1 Å². The highest BCUT2D eigenvalue weighted by Crippen LogP contribution is 2.29. The van der Waals surface area contributed by atoms with Crippen LogP contribution in [0.1, 0.15) is 39.7 Å². The monoisotopic (exact) mass is 414 g/mol. The van der Waals surface area contributed by atoms with Gasteiger partial charge in [0.1, 0.15) is 17.4 Å². The number of carbonyl (C=O) groups excluding carboxylic acids is 1. The number of alkyl halides is 1. The van der Waals surface area contributed by atoms with Crippen molar-refractivity contribution >= 4 is 24.2 Å². The molecule has 0 aliphatic carbocycles. The van der Waals surface area contributed by atoms with Crippen molar-refractivity contribution in [3.8, 4) is 11.5 Å². The van der Waals surface area contributed by atoms with E-state index in [1.54, 1.807) is 25.1 Å². The van der Waals surface area contributed by atoms with Gasteiger partial charge in [0.15, 0.2) is 11.5 Å². The molecule has 1 amide bonds. The van der Waals surface area contributed by atoms with E-state index in [9.17, 15) is 9.18 Å². The highest BCUT2D eigenvalue weighted by molar-refractivity contribution is 6.42.